The zero-order valence-corrected chi connectivity index (χ0v) is 11.9. The Labute approximate surface area is 123 Å². The van der Waals surface area contributed by atoms with Gasteiger partial charge in [0.2, 0.25) is 0 Å². The van der Waals surface area contributed by atoms with Gasteiger partial charge in [-0.25, -0.2) is 0 Å². The van der Waals surface area contributed by atoms with Gasteiger partial charge in [-0.15, -0.1) is 0 Å². The van der Waals surface area contributed by atoms with E-state index in [9.17, 15) is 15.2 Å². The number of nitro benzene ring substituents is 1. The Morgan fingerprint density at radius 2 is 1.90 bits per heavy atom. The zero-order chi connectivity index (χ0) is 15.4. The molecule has 0 bridgehead atoms. The highest BCUT2D eigenvalue weighted by Crippen LogP contribution is 2.29. The Balaban J connectivity index is 2.22. The maximum atomic E-state index is 10.8. The molecule has 0 aliphatic carbocycles. The van der Waals surface area contributed by atoms with Crippen LogP contribution in [0.4, 0.5) is 5.69 Å². The van der Waals surface area contributed by atoms with Crippen molar-refractivity contribution in [3.63, 3.8) is 0 Å². The minimum Gasteiger partial charge on any atom is -0.457 e. The van der Waals surface area contributed by atoms with Crippen LogP contribution in [-0.4, -0.2) is 10.0 Å². The molecular weight excluding hydrogens is 270 g/mol. The molecule has 2 rings (SSSR count). The molecule has 2 aromatic rings. The van der Waals surface area contributed by atoms with Gasteiger partial charge in [0.25, 0.3) is 5.69 Å². The maximum absolute atomic E-state index is 10.8. The van der Waals surface area contributed by atoms with Crippen molar-refractivity contribution in [1.29, 1.82) is 0 Å². The molecule has 1 atom stereocenters. The zero-order valence-electron chi connectivity index (χ0n) is 11.9. The number of nitrogens with zero attached hydrogens (tertiary/aromatic N) is 1. The molecule has 0 aromatic heterocycles. The predicted octanol–water partition coefficient (Wildman–Crippen LogP) is 4.14. The van der Waals surface area contributed by atoms with Gasteiger partial charge in [0.15, 0.2) is 0 Å². The standard InChI is InChI=1S/C16H17NO4/c1-3-15(18)12-5-8-14(9-6-12)21-16-10-13(17(19)20)7-4-11(16)2/h4-10,15,18H,3H2,1-2H3/t15-/m1/s1. The molecule has 0 spiro atoms. The minimum absolute atomic E-state index is 0.00590. The van der Waals surface area contributed by atoms with Crippen molar-refractivity contribution in [2.24, 2.45) is 0 Å². The van der Waals surface area contributed by atoms with Gasteiger partial charge in [0, 0.05) is 6.07 Å². The van der Waals surface area contributed by atoms with Gasteiger partial charge in [-0.1, -0.05) is 19.1 Å². The van der Waals surface area contributed by atoms with Crippen molar-refractivity contribution in [3.05, 3.63) is 63.7 Å². The summed E-state index contributed by atoms with van der Waals surface area (Å²) in [5.41, 5.74) is 1.63. The summed E-state index contributed by atoms with van der Waals surface area (Å²) in [5, 5.41) is 20.5. The van der Waals surface area contributed by atoms with Crippen molar-refractivity contribution in [2.45, 2.75) is 26.4 Å². The van der Waals surface area contributed by atoms with Gasteiger partial charge in [0.05, 0.1) is 17.1 Å². The van der Waals surface area contributed by atoms with Gasteiger partial charge < -0.3 is 9.84 Å². The Morgan fingerprint density at radius 3 is 2.48 bits per heavy atom. The fourth-order valence-corrected chi connectivity index (χ4v) is 1.93. The van der Waals surface area contributed by atoms with Crippen LogP contribution < -0.4 is 4.74 Å². The summed E-state index contributed by atoms with van der Waals surface area (Å²) in [4.78, 5) is 10.3. The topological polar surface area (TPSA) is 72.6 Å². The molecule has 0 heterocycles. The molecule has 5 heteroatoms. The van der Waals surface area contributed by atoms with E-state index >= 15 is 0 Å². The Morgan fingerprint density at radius 1 is 1.24 bits per heavy atom. The van der Waals surface area contributed by atoms with E-state index in [2.05, 4.69) is 0 Å². The highest BCUT2D eigenvalue weighted by molar-refractivity contribution is 5.46. The van der Waals surface area contributed by atoms with E-state index in [4.69, 9.17) is 4.74 Å². The number of benzene rings is 2. The number of rotatable bonds is 5. The number of ether oxygens (including phenoxy) is 1. The van der Waals surface area contributed by atoms with E-state index in [1.54, 1.807) is 30.3 Å². The molecule has 21 heavy (non-hydrogen) atoms. The van der Waals surface area contributed by atoms with E-state index < -0.39 is 11.0 Å². The van der Waals surface area contributed by atoms with E-state index in [-0.39, 0.29) is 5.69 Å². The van der Waals surface area contributed by atoms with E-state index in [1.165, 1.54) is 12.1 Å². The molecule has 0 amide bonds. The third-order valence-electron chi connectivity index (χ3n) is 3.26. The van der Waals surface area contributed by atoms with Crippen LogP contribution in [0.1, 0.15) is 30.6 Å². The molecule has 0 saturated heterocycles. The summed E-state index contributed by atoms with van der Waals surface area (Å²) in [6.45, 7) is 3.73. The summed E-state index contributed by atoms with van der Waals surface area (Å²) >= 11 is 0. The molecule has 0 radical (unpaired) electrons. The van der Waals surface area contributed by atoms with E-state index in [1.807, 2.05) is 13.8 Å². The lowest BCUT2D eigenvalue weighted by Gasteiger charge is -2.11. The smallest absolute Gasteiger partial charge is 0.273 e. The highest BCUT2D eigenvalue weighted by atomic mass is 16.6. The summed E-state index contributed by atoms with van der Waals surface area (Å²) < 4.78 is 5.68. The number of nitro groups is 1. The van der Waals surface area contributed by atoms with E-state index in [0.29, 0.717) is 17.9 Å². The third kappa shape index (κ3) is 3.58. The number of non-ortho nitro benzene ring substituents is 1. The molecule has 0 unspecified atom stereocenters. The van der Waals surface area contributed by atoms with Crippen molar-refractivity contribution in [2.75, 3.05) is 0 Å². The lowest BCUT2D eigenvalue weighted by atomic mass is 10.1. The molecular formula is C16H17NO4. The number of aliphatic hydroxyl groups is 1. The second-order valence-corrected chi connectivity index (χ2v) is 4.80. The quantitative estimate of drug-likeness (QED) is 0.662. The molecule has 110 valence electrons. The maximum Gasteiger partial charge on any atom is 0.273 e. The Bertz CT molecular complexity index is 637. The summed E-state index contributed by atoms with van der Waals surface area (Å²) in [7, 11) is 0. The second kappa shape index (κ2) is 6.37. The number of aryl methyl sites for hydroxylation is 1. The van der Waals surface area contributed by atoms with Crippen LogP contribution in [0, 0.1) is 17.0 Å². The largest absolute Gasteiger partial charge is 0.457 e. The molecule has 0 saturated carbocycles. The van der Waals surface area contributed by atoms with Crippen LogP contribution in [0.25, 0.3) is 0 Å². The Kier molecular flexibility index (Phi) is 4.55. The van der Waals surface area contributed by atoms with Crippen LogP contribution >= 0.6 is 0 Å². The molecule has 0 aliphatic heterocycles. The van der Waals surface area contributed by atoms with Crippen LogP contribution in [0.5, 0.6) is 11.5 Å². The number of hydrogen-bond acceptors (Lipinski definition) is 4. The fourth-order valence-electron chi connectivity index (χ4n) is 1.93. The number of hydrogen-bond donors (Lipinski definition) is 1. The normalized spacial score (nSPS) is 12.0. The average Bonchev–Trinajstić information content (AvgIpc) is 2.49. The van der Waals surface area contributed by atoms with Gasteiger partial charge in [-0.2, -0.15) is 0 Å². The van der Waals surface area contributed by atoms with Crippen molar-refractivity contribution < 1.29 is 14.8 Å². The molecule has 2 aromatic carbocycles. The monoisotopic (exact) mass is 287 g/mol. The lowest BCUT2D eigenvalue weighted by molar-refractivity contribution is -0.384. The molecule has 0 aliphatic rings. The molecule has 5 nitrogen and oxygen atoms in total. The van der Waals surface area contributed by atoms with Crippen LogP contribution in [0.3, 0.4) is 0 Å². The molecule has 1 N–H and O–H groups in total. The minimum atomic E-state index is -0.487. The molecule has 0 fully saturated rings. The van der Waals surface area contributed by atoms with Crippen molar-refractivity contribution >= 4 is 5.69 Å². The van der Waals surface area contributed by atoms with Crippen molar-refractivity contribution in [3.8, 4) is 11.5 Å². The first-order chi connectivity index (χ1) is 10.0. The van der Waals surface area contributed by atoms with Gasteiger partial charge in [-0.05, 0) is 42.7 Å². The summed E-state index contributed by atoms with van der Waals surface area (Å²) in [5.74, 6) is 1.03. The fraction of sp³-hybridized carbons (Fsp3) is 0.250. The van der Waals surface area contributed by atoms with E-state index in [0.717, 1.165) is 11.1 Å². The SMILES string of the molecule is CC[C@@H](O)c1ccc(Oc2cc([N+](=O)[O-])ccc2C)cc1. The average molecular weight is 287 g/mol. The van der Waals surface area contributed by atoms with Gasteiger partial charge in [0.1, 0.15) is 11.5 Å². The van der Waals surface area contributed by atoms with Crippen LogP contribution in [-0.2, 0) is 0 Å². The predicted molar refractivity (Wildman–Crippen MR) is 79.6 cm³/mol. The first-order valence-corrected chi connectivity index (χ1v) is 6.72. The second-order valence-electron chi connectivity index (χ2n) is 4.80. The first kappa shape index (κ1) is 15.0. The van der Waals surface area contributed by atoms with Crippen molar-refractivity contribution in [1.82, 2.24) is 0 Å². The summed E-state index contributed by atoms with van der Waals surface area (Å²) in [6.07, 6.45) is 0.156. The highest BCUT2D eigenvalue weighted by Gasteiger charge is 2.11. The van der Waals surface area contributed by atoms with Crippen LogP contribution in [0.15, 0.2) is 42.5 Å². The van der Waals surface area contributed by atoms with Gasteiger partial charge in [-0.3, -0.25) is 10.1 Å². The van der Waals surface area contributed by atoms with Crippen LogP contribution in [0.2, 0.25) is 0 Å². The lowest BCUT2D eigenvalue weighted by Crippen LogP contribution is -1.95. The number of aliphatic hydroxyl groups excluding tert-OH is 1. The summed E-state index contributed by atoms with van der Waals surface area (Å²) in [6, 6.07) is 11.6. The Hall–Kier alpha value is -2.40. The van der Waals surface area contributed by atoms with Gasteiger partial charge >= 0.3 is 0 Å². The third-order valence-corrected chi connectivity index (χ3v) is 3.26. The first-order valence-electron chi connectivity index (χ1n) is 6.72.